The van der Waals surface area contributed by atoms with Gasteiger partial charge in [0, 0.05) is 29.1 Å². The Kier molecular flexibility index (Phi) is 9.31. The maximum atomic E-state index is 13.9. The molecule has 3 atom stereocenters. The number of hydrogen-bond acceptors (Lipinski definition) is 8. The van der Waals surface area contributed by atoms with Crippen LogP contribution in [0.25, 0.3) is 0 Å². The third-order valence-corrected chi connectivity index (χ3v) is 6.36. The number of dihydropyridines is 1. The fourth-order valence-corrected chi connectivity index (χ4v) is 4.86. The quantitative estimate of drug-likeness (QED) is 0.292. The van der Waals surface area contributed by atoms with Crippen LogP contribution < -0.4 is 10.1 Å². The number of para-hydroxylation sites is 1. The molecule has 3 rings (SSSR count). The van der Waals surface area contributed by atoms with E-state index < -0.39 is 23.8 Å². The zero-order valence-electron chi connectivity index (χ0n) is 22.0. The highest BCUT2D eigenvalue weighted by atomic mass is 16.6. The fourth-order valence-electron chi connectivity index (χ4n) is 4.86. The lowest BCUT2D eigenvalue weighted by Crippen LogP contribution is -2.43. The lowest BCUT2D eigenvalue weighted by atomic mass is 9.69. The van der Waals surface area contributed by atoms with E-state index in [0.717, 1.165) is 6.42 Å². The van der Waals surface area contributed by atoms with Gasteiger partial charge in [0.1, 0.15) is 18.3 Å². The fraction of sp³-hybridized carbons (Fsp3) is 0.536. The highest BCUT2D eigenvalue weighted by Crippen LogP contribution is 2.47. The van der Waals surface area contributed by atoms with Gasteiger partial charge in [0.2, 0.25) is 0 Å². The van der Waals surface area contributed by atoms with Gasteiger partial charge < -0.3 is 24.3 Å². The van der Waals surface area contributed by atoms with Crippen LogP contribution in [-0.2, 0) is 28.6 Å². The van der Waals surface area contributed by atoms with Crippen molar-refractivity contribution >= 4 is 17.7 Å². The molecule has 0 radical (unpaired) electrons. The van der Waals surface area contributed by atoms with E-state index in [4.69, 9.17) is 18.9 Å². The Hall–Kier alpha value is -3.13. The van der Waals surface area contributed by atoms with E-state index in [1.165, 1.54) is 7.11 Å². The molecule has 0 fully saturated rings. The monoisotopic (exact) mass is 499 g/mol. The van der Waals surface area contributed by atoms with Crippen molar-refractivity contribution in [3.8, 4) is 5.75 Å². The molecule has 1 N–H and O–H groups in total. The molecule has 1 aliphatic heterocycles. The Bertz CT molecular complexity index is 1060. The number of ketones is 1. The molecule has 0 amide bonds. The number of hydrogen-bond donors (Lipinski definition) is 1. The van der Waals surface area contributed by atoms with Crippen molar-refractivity contribution in [2.24, 2.45) is 11.8 Å². The average Bonchev–Trinajstić information content (AvgIpc) is 2.82. The van der Waals surface area contributed by atoms with Crippen LogP contribution in [0.5, 0.6) is 5.75 Å². The van der Waals surface area contributed by atoms with Gasteiger partial charge in [0.05, 0.1) is 31.3 Å². The molecular weight excluding hydrogens is 462 g/mol. The first kappa shape index (κ1) is 27.5. The molecule has 8 heteroatoms. The van der Waals surface area contributed by atoms with Crippen molar-refractivity contribution in [2.45, 2.75) is 59.5 Å². The predicted molar refractivity (Wildman–Crippen MR) is 134 cm³/mol. The molecule has 1 heterocycles. The molecule has 1 aliphatic carbocycles. The molecule has 3 unspecified atom stereocenters. The van der Waals surface area contributed by atoms with Gasteiger partial charge in [-0.25, -0.2) is 4.79 Å². The van der Waals surface area contributed by atoms with Gasteiger partial charge in [-0.05, 0) is 45.6 Å². The van der Waals surface area contributed by atoms with Crippen LogP contribution in [-0.4, -0.2) is 50.8 Å². The van der Waals surface area contributed by atoms with Crippen molar-refractivity contribution in [2.75, 3.05) is 26.9 Å². The Morgan fingerprint density at radius 1 is 1.14 bits per heavy atom. The van der Waals surface area contributed by atoms with Gasteiger partial charge in [-0.15, -0.1) is 0 Å². The topological polar surface area (TPSA) is 100 Å². The number of esters is 2. The third kappa shape index (κ3) is 5.81. The summed E-state index contributed by atoms with van der Waals surface area (Å²) < 4.78 is 22.1. The standard InChI is InChI=1S/C28H37NO7/c1-7-12-34-13-14-35-28(32)23-18(5)29-20-15-17(4)22(27(31)33-6)26(30)25(20)24(23)19-10-8-9-11-21(19)36-16(2)3/h8-11,16-17,22,24,29H,7,12-15H2,1-6H3. The van der Waals surface area contributed by atoms with Gasteiger partial charge >= 0.3 is 11.9 Å². The summed E-state index contributed by atoms with van der Waals surface area (Å²) in [7, 11) is 1.28. The number of benzene rings is 1. The zero-order valence-corrected chi connectivity index (χ0v) is 22.0. The highest BCUT2D eigenvalue weighted by molar-refractivity contribution is 6.12. The lowest BCUT2D eigenvalue weighted by Gasteiger charge is -2.38. The molecule has 0 bridgehead atoms. The summed E-state index contributed by atoms with van der Waals surface area (Å²) >= 11 is 0. The van der Waals surface area contributed by atoms with E-state index in [2.05, 4.69) is 5.32 Å². The zero-order chi connectivity index (χ0) is 26.4. The number of carbonyl (C=O) groups excluding carboxylic acids is 3. The summed E-state index contributed by atoms with van der Waals surface area (Å²) in [5.74, 6) is -2.86. The van der Waals surface area contributed by atoms with Crippen molar-refractivity contribution in [3.63, 3.8) is 0 Å². The summed E-state index contributed by atoms with van der Waals surface area (Å²) in [6.45, 7) is 10.4. The number of allylic oxidation sites excluding steroid dienone is 3. The minimum absolute atomic E-state index is 0.0914. The normalized spacial score (nSPS) is 21.8. The lowest BCUT2D eigenvalue weighted by molar-refractivity contribution is -0.151. The van der Waals surface area contributed by atoms with Crippen LogP contribution in [0.4, 0.5) is 0 Å². The molecule has 1 aromatic carbocycles. The van der Waals surface area contributed by atoms with Gasteiger partial charge in [0.15, 0.2) is 5.78 Å². The van der Waals surface area contributed by atoms with Crippen molar-refractivity contribution < 1.29 is 33.3 Å². The van der Waals surface area contributed by atoms with E-state index in [1.54, 1.807) is 6.92 Å². The van der Waals surface area contributed by atoms with Crippen LogP contribution in [0.3, 0.4) is 0 Å². The minimum atomic E-state index is -0.950. The number of rotatable bonds is 10. The number of ether oxygens (including phenoxy) is 4. The summed E-state index contributed by atoms with van der Waals surface area (Å²) in [4.78, 5) is 39.9. The summed E-state index contributed by atoms with van der Waals surface area (Å²) in [5.41, 5.74) is 2.67. The van der Waals surface area contributed by atoms with Crippen molar-refractivity contribution in [3.05, 3.63) is 52.4 Å². The second-order valence-electron chi connectivity index (χ2n) is 9.49. The largest absolute Gasteiger partial charge is 0.491 e. The summed E-state index contributed by atoms with van der Waals surface area (Å²) in [6.07, 6.45) is 1.22. The van der Waals surface area contributed by atoms with Gasteiger partial charge in [-0.2, -0.15) is 0 Å². The number of methoxy groups -OCH3 is 1. The average molecular weight is 500 g/mol. The Labute approximate surface area is 213 Å². The van der Waals surface area contributed by atoms with Crippen LogP contribution in [0, 0.1) is 11.8 Å². The maximum Gasteiger partial charge on any atom is 0.336 e. The van der Waals surface area contributed by atoms with E-state index in [0.29, 0.717) is 46.9 Å². The summed E-state index contributed by atoms with van der Waals surface area (Å²) in [5, 5.41) is 3.27. The molecule has 196 valence electrons. The molecule has 0 saturated carbocycles. The Morgan fingerprint density at radius 3 is 2.53 bits per heavy atom. The Balaban J connectivity index is 2.10. The first-order chi connectivity index (χ1) is 17.2. The van der Waals surface area contributed by atoms with Crippen LogP contribution in [0.15, 0.2) is 46.8 Å². The predicted octanol–water partition coefficient (Wildman–Crippen LogP) is 4.06. The Morgan fingerprint density at radius 2 is 1.86 bits per heavy atom. The van der Waals surface area contributed by atoms with E-state index in [9.17, 15) is 14.4 Å². The van der Waals surface area contributed by atoms with Crippen LogP contribution in [0.2, 0.25) is 0 Å². The molecular formula is C28H37NO7. The van der Waals surface area contributed by atoms with Crippen molar-refractivity contribution in [1.82, 2.24) is 5.32 Å². The molecule has 0 spiro atoms. The van der Waals surface area contributed by atoms with Gasteiger partial charge in [-0.3, -0.25) is 9.59 Å². The van der Waals surface area contributed by atoms with Crippen LogP contribution >= 0.6 is 0 Å². The first-order valence-corrected chi connectivity index (χ1v) is 12.5. The number of carbonyl (C=O) groups is 3. The second-order valence-corrected chi connectivity index (χ2v) is 9.49. The van der Waals surface area contributed by atoms with Crippen molar-refractivity contribution in [1.29, 1.82) is 0 Å². The van der Waals surface area contributed by atoms with Gasteiger partial charge in [0.25, 0.3) is 0 Å². The van der Waals surface area contributed by atoms with E-state index in [-0.39, 0.29) is 31.0 Å². The summed E-state index contributed by atoms with van der Waals surface area (Å²) in [6, 6.07) is 7.36. The molecule has 1 aromatic rings. The third-order valence-electron chi connectivity index (χ3n) is 6.36. The highest BCUT2D eigenvalue weighted by Gasteiger charge is 2.47. The molecule has 0 saturated heterocycles. The molecule has 36 heavy (non-hydrogen) atoms. The van der Waals surface area contributed by atoms with E-state index >= 15 is 0 Å². The molecule has 8 nitrogen and oxygen atoms in total. The van der Waals surface area contributed by atoms with E-state index in [1.807, 2.05) is 52.0 Å². The first-order valence-electron chi connectivity index (χ1n) is 12.5. The smallest absolute Gasteiger partial charge is 0.336 e. The van der Waals surface area contributed by atoms with Crippen LogP contribution in [0.1, 0.15) is 58.9 Å². The molecule has 2 aliphatic rings. The van der Waals surface area contributed by atoms with Gasteiger partial charge in [-0.1, -0.05) is 32.0 Å². The molecule has 0 aromatic heterocycles. The SMILES string of the molecule is CCCOCCOC(=O)C1=C(C)NC2=C(C(=O)C(C(=O)OC)C(C)C2)C1c1ccccc1OC(C)C. The maximum absolute atomic E-state index is 13.9. The number of nitrogens with one attached hydrogen (secondary N) is 1. The minimum Gasteiger partial charge on any atom is -0.491 e. The number of Topliss-reactive ketones (excluding diaryl/α,β-unsaturated/α-hetero) is 1. The second kappa shape index (κ2) is 12.2.